The molecule has 0 amide bonds. The van der Waals surface area contributed by atoms with Gasteiger partial charge in [0, 0.05) is 54.6 Å². The molecule has 3 aliphatic heterocycles. The summed E-state index contributed by atoms with van der Waals surface area (Å²) < 4.78 is 0. The third-order valence-electron chi connectivity index (χ3n) is 6.42. The quantitative estimate of drug-likeness (QED) is 0.456. The molecule has 0 aromatic carbocycles. The number of hydrogen-bond acceptors (Lipinski definition) is 4. The van der Waals surface area contributed by atoms with Crippen molar-refractivity contribution in [3.8, 4) is 0 Å². The normalized spacial score (nSPS) is 17.3. The Morgan fingerprint density at radius 2 is 1.68 bits per heavy atom. The Morgan fingerprint density at radius 1 is 0.935 bits per heavy atom. The lowest BCUT2D eigenvalue weighted by Crippen LogP contribution is -2.11. The number of hydrogen-bond donors (Lipinski definition) is 0. The molecule has 0 spiro atoms. The topological polar surface area (TPSA) is 50.0 Å². The maximum absolute atomic E-state index is 4.74. The van der Waals surface area contributed by atoms with Gasteiger partial charge in [0.2, 0.25) is 0 Å². The summed E-state index contributed by atoms with van der Waals surface area (Å²) >= 11 is 0. The highest BCUT2D eigenvalue weighted by Crippen LogP contribution is 2.27. The van der Waals surface area contributed by atoms with Crippen LogP contribution in [0.1, 0.15) is 71.8 Å². The van der Waals surface area contributed by atoms with Crippen LogP contribution in [-0.2, 0) is 0 Å². The smallest absolute Gasteiger partial charge is 0.0681 e. The zero-order valence-electron chi connectivity index (χ0n) is 19.5. The van der Waals surface area contributed by atoms with Gasteiger partial charge < -0.3 is 0 Å². The first kappa shape index (κ1) is 23.1. The van der Waals surface area contributed by atoms with Crippen LogP contribution >= 0.6 is 0 Å². The number of pyridine rings is 1. The van der Waals surface area contributed by atoms with Gasteiger partial charge in [0.1, 0.15) is 0 Å². The highest BCUT2D eigenvalue weighted by molar-refractivity contribution is 5.97. The van der Waals surface area contributed by atoms with E-state index in [2.05, 4.69) is 60.9 Å². The van der Waals surface area contributed by atoms with Gasteiger partial charge in [-0.05, 0) is 60.8 Å². The van der Waals surface area contributed by atoms with Crippen molar-refractivity contribution in [3.63, 3.8) is 0 Å². The van der Waals surface area contributed by atoms with Gasteiger partial charge >= 0.3 is 0 Å². The van der Waals surface area contributed by atoms with Gasteiger partial charge in [-0.1, -0.05) is 39.8 Å². The van der Waals surface area contributed by atoms with Crippen LogP contribution in [0.4, 0.5) is 0 Å². The zero-order valence-corrected chi connectivity index (χ0v) is 19.5. The van der Waals surface area contributed by atoms with Crippen LogP contribution in [0.15, 0.2) is 69.0 Å². The summed E-state index contributed by atoms with van der Waals surface area (Å²) in [6.45, 7) is 9.79. The predicted octanol–water partition coefficient (Wildman–Crippen LogP) is 6.87. The molecule has 0 unspecified atom stereocenters. The molecular formula is C27H36N4. The molecule has 0 aliphatic carbocycles. The molecule has 4 heterocycles. The molecule has 0 saturated carbocycles. The number of rotatable bonds is 8. The van der Waals surface area contributed by atoms with Crippen LogP contribution in [0.25, 0.3) is 5.70 Å². The molecule has 164 valence electrons. The summed E-state index contributed by atoms with van der Waals surface area (Å²) in [6.07, 6.45) is 18.9. The second kappa shape index (κ2) is 11.7. The van der Waals surface area contributed by atoms with Gasteiger partial charge in [-0.15, -0.1) is 0 Å². The van der Waals surface area contributed by atoms with Gasteiger partial charge in [-0.3, -0.25) is 20.0 Å². The largest absolute Gasteiger partial charge is 0.288 e. The fourth-order valence-corrected chi connectivity index (χ4v) is 4.36. The van der Waals surface area contributed by atoms with E-state index in [4.69, 9.17) is 4.99 Å². The minimum Gasteiger partial charge on any atom is -0.288 e. The van der Waals surface area contributed by atoms with Crippen LogP contribution < -0.4 is 0 Å². The first-order valence-corrected chi connectivity index (χ1v) is 11.8. The number of allylic oxidation sites excluding steroid dienone is 3. The van der Waals surface area contributed by atoms with Crippen molar-refractivity contribution < 1.29 is 0 Å². The van der Waals surface area contributed by atoms with E-state index in [9.17, 15) is 0 Å². The van der Waals surface area contributed by atoms with Crippen LogP contribution in [0.5, 0.6) is 0 Å². The van der Waals surface area contributed by atoms with E-state index >= 15 is 0 Å². The lowest BCUT2D eigenvalue weighted by atomic mass is 9.92. The molecule has 1 aromatic rings. The summed E-state index contributed by atoms with van der Waals surface area (Å²) in [5.41, 5.74) is 7.54. The Bertz CT molecular complexity index is 908. The van der Waals surface area contributed by atoms with Crippen LogP contribution in [0.3, 0.4) is 0 Å². The van der Waals surface area contributed by atoms with Crippen molar-refractivity contribution in [1.82, 2.24) is 4.98 Å². The molecule has 0 bridgehead atoms. The zero-order chi connectivity index (χ0) is 22.1. The Kier molecular flexibility index (Phi) is 8.69. The van der Waals surface area contributed by atoms with Crippen LogP contribution in [-0.4, -0.2) is 29.2 Å². The number of aromatic nitrogens is 1. The molecule has 0 radical (unpaired) electrons. The molecule has 4 nitrogen and oxygen atoms in total. The Balaban J connectivity index is 0.000000176. The van der Waals surface area contributed by atoms with E-state index < -0.39 is 0 Å². The van der Waals surface area contributed by atoms with E-state index in [1.165, 1.54) is 48.3 Å². The van der Waals surface area contributed by atoms with E-state index in [1.54, 1.807) is 6.20 Å². The molecule has 3 aliphatic rings. The van der Waals surface area contributed by atoms with E-state index in [-0.39, 0.29) is 0 Å². The summed E-state index contributed by atoms with van der Waals surface area (Å²) in [5.74, 6) is 1.31. The van der Waals surface area contributed by atoms with E-state index in [1.807, 2.05) is 24.7 Å². The summed E-state index contributed by atoms with van der Waals surface area (Å²) in [4.78, 5) is 17.6. The molecule has 0 atom stereocenters. The number of aliphatic imine (C=N–C) groups is 3. The van der Waals surface area contributed by atoms with Crippen molar-refractivity contribution in [1.29, 1.82) is 0 Å². The maximum Gasteiger partial charge on any atom is 0.0681 e. The SMILES string of the molecule is CCC(CC)C1=NC(c2cccnc2)=CC1.CCC(CC)C1=NC=C(C2=CCN=C2)C1. The van der Waals surface area contributed by atoms with Crippen molar-refractivity contribution in [2.24, 2.45) is 26.8 Å². The minimum absolute atomic E-state index is 0.644. The van der Waals surface area contributed by atoms with Crippen molar-refractivity contribution in [2.45, 2.75) is 66.2 Å². The molecule has 0 saturated heterocycles. The standard InChI is InChI=1S/C14H18N2.C13H18N2/c1-3-11(4-2)13-7-8-14(16-13)12-6-5-9-15-10-12;1-3-10(4-2)13-7-12(9-15-13)11-5-6-14-8-11/h5-6,8-11H,3-4,7H2,1-2H3;5,8-10H,3-4,6-7H2,1-2H3. The monoisotopic (exact) mass is 416 g/mol. The van der Waals surface area contributed by atoms with E-state index in [0.717, 1.165) is 30.6 Å². The molecule has 0 fully saturated rings. The Labute approximate surface area is 187 Å². The van der Waals surface area contributed by atoms with Crippen LogP contribution in [0, 0.1) is 11.8 Å². The lowest BCUT2D eigenvalue weighted by Gasteiger charge is -2.12. The second-order valence-corrected chi connectivity index (χ2v) is 8.27. The fraction of sp³-hybridized carbons (Fsp3) is 0.481. The molecule has 4 heteroatoms. The highest BCUT2D eigenvalue weighted by Gasteiger charge is 2.20. The molecule has 0 N–H and O–H groups in total. The minimum atomic E-state index is 0.644. The van der Waals surface area contributed by atoms with Gasteiger partial charge in [-0.25, -0.2) is 0 Å². The van der Waals surface area contributed by atoms with Crippen molar-refractivity contribution in [3.05, 3.63) is 59.6 Å². The first-order valence-electron chi connectivity index (χ1n) is 11.8. The van der Waals surface area contributed by atoms with Gasteiger partial charge in [0.15, 0.2) is 0 Å². The maximum atomic E-state index is 4.74. The van der Waals surface area contributed by atoms with Gasteiger partial charge in [-0.2, -0.15) is 0 Å². The predicted molar refractivity (Wildman–Crippen MR) is 134 cm³/mol. The average molecular weight is 417 g/mol. The second-order valence-electron chi connectivity index (χ2n) is 8.27. The summed E-state index contributed by atoms with van der Waals surface area (Å²) in [5, 5.41) is 0. The molecule has 31 heavy (non-hydrogen) atoms. The third kappa shape index (κ3) is 5.96. The Hall–Kier alpha value is -2.62. The fourth-order valence-electron chi connectivity index (χ4n) is 4.36. The summed E-state index contributed by atoms with van der Waals surface area (Å²) in [7, 11) is 0. The molecule has 1 aromatic heterocycles. The van der Waals surface area contributed by atoms with E-state index in [0.29, 0.717) is 11.8 Å². The van der Waals surface area contributed by atoms with Crippen LogP contribution in [0.2, 0.25) is 0 Å². The molecular weight excluding hydrogens is 380 g/mol. The first-order chi connectivity index (χ1) is 15.2. The van der Waals surface area contributed by atoms with Gasteiger partial charge in [0.25, 0.3) is 0 Å². The third-order valence-corrected chi connectivity index (χ3v) is 6.42. The van der Waals surface area contributed by atoms with Crippen molar-refractivity contribution >= 4 is 23.3 Å². The highest BCUT2D eigenvalue weighted by atomic mass is 14.8. The summed E-state index contributed by atoms with van der Waals surface area (Å²) in [6, 6.07) is 4.03. The van der Waals surface area contributed by atoms with Gasteiger partial charge in [0.05, 0.1) is 12.2 Å². The molecule has 4 rings (SSSR count). The van der Waals surface area contributed by atoms with Crippen molar-refractivity contribution in [2.75, 3.05) is 6.54 Å². The lowest BCUT2D eigenvalue weighted by molar-refractivity contribution is 0.637. The average Bonchev–Trinajstić information content (AvgIpc) is 3.58. The Morgan fingerprint density at radius 3 is 2.29 bits per heavy atom. The number of nitrogens with zero attached hydrogens (tertiary/aromatic N) is 4.